The van der Waals surface area contributed by atoms with E-state index in [0.717, 1.165) is 30.9 Å². The summed E-state index contributed by atoms with van der Waals surface area (Å²) in [5, 5.41) is 16.3. The molecule has 0 radical (unpaired) electrons. The lowest BCUT2D eigenvalue weighted by molar-refractivity contribution is -0.316. The van der Waals surface area contributed by atoms with Gasteiger partial charge < -0.3 is 25.1 Å². The summed E-state index contributed by atoms with van der Waals surface area (Å²) in [6.45, 7) is 3.76. The molecule has 0 aliphatic carbocycles. The summed E-state index contributed by atoms with van der Waals surface area (Å²) in [5.74, 6) is 1.05. The van der Waals surface area contributed by atoms with E-state index in [1.807, 2.05) is 56.3 Å². The van der Waals surface area contributed by atoms with Gasteiger partial charge in [0.1, 0.15) is 18.0 Å². The summed E-state index contributed by atoms with van der Waals surface area (Å²) in [6, 6.07) is 13.3. The fraction of sp³-hybridized carbons (Fsp3) is 0.400. The van der Waals surface area contributed by atoms with E-state index in [9.17, 15) is 5.11 Å². The summed E-state index contributed by atoms with van der Waals surface area (Å²) in [7, 11) is 0. The number of hydrogen-bond acceptors (Lipinski definition) is 9. The molecule has 2 fully saturated rings. The van der Waals surface area contributed by atoms with Crippen LogP contribution in [0.5, 0.6) is 0 Å². The third-order valence-electron chi connectivity index (χ3n) is 6.66. The fourth-order valence-electron chi connectivity index (χ4n) is 5.05. The van der Waals surface area contributed by atoms with E-state index in [4.69, 9.17) is 24.9 Å². The number of nitrogens with two attached hydrogens (primary N) is 1. The first-order valence-corrected chi connectivity index (χ1v) is 13.4. The lowest BCUT2D eigenvalue weighted by Gasteiger charge is -2.49. The second-order valence-electron chi connectivity index (χ2n) is 9.25. The minimum Gasteiger partial charge on any atom is -0.393 e. The largest absolute Gasteiger partial charge is 0.393 e. The van der Waals surface area contributed by atoms with Gasteiger partial charge in [-0.25, -0.2) is 14.6 Å². The molecule has 2 aliphatic rings. The monoisotopic (exact) mass is 571 g/mol. The molecule has 3 N–H and O–H groups in total. The molecule has 6 rings (SSSR count). The summed E-state index contributed by atoms with van der Waals surface area (Å²) in [6.07, 6.45) is -1.06. The lowest BCUT2D eigenvalue weighted by Crippen LogP contribution is -2.62. The van der Waals surface area contributed by atoms with Gasteiger partial charge in [-0.3, -0.25) is 0 Å². The predicted octanol–water partition coefficient (Wildman–Crippen LogP) is 3.67. The number of hydrogen-bond donors (Lipinski definition) is 2. The maximum absolute atomic E-state index is 10.7. The first kappa shape index (κ1) is 24.1. The van der Waals surface area contributed by atoms with Crippen LogP contribution in [0.2, 0.25) is 0 Å². The predicted molar refractivity (Wildman–Crippen MR) is 138 cm³/mol. The third-order valence-corrected chi connectivity index (χ3v) is 8.23. The molecule has 36 heavy (non-hydrogen) atoms. The van der Waals surface area contributed by atoms with Gasteiger partial charge in [-0.05, 0) is 41.9 Å². The highest BCUT2D eigenvalue weighted by Gasteiger charge is 2.52. The van der Waals surface area contributed by atoms with Crippen LogP contribution in [-0.4, -0.2) is 56.3 Å². The van der Waals surface area contributed by atoms with Gasteiger partial charge in [0.2, 0.25) is 0 Å². The highest BCUT2D eigenvalue weighted by molar-refractivity contribution is 9.10. The SMILES string of the molecule is Cc1nc(C2(CO)CC(N)[C@H]3OC(c4ccccc4)OCC3O2)n(-c2cc3sc(C)nc3cc2Br)n1. The summed E-state index contributed by atoms with van der Waals surface area (Å²) >= 11 is 5.28. The zero-order valence-electron chi connectivity index (χ0n) is 19.8. The lowest BCUT2D eigenvalue weighted by atomic mass is 9.85. The van der Waals surface area contributed by atoms with Crippen molar-refractivity contribution in [3.05, 3.63) is 69.2 Å². The molecule has 2 aromatic heterocycles. The zero-order chi connectivity index (χ0) is 25.0. The molecule has 0 saturated carbocycles. The quantitative estimate of drug-likeness (QED) is 0.381. The zero-order valence-corrected chi connectivity index (χ0v) is 22.2. The molecule has 188 valence electrons. The van der Waals surface area contributed by atoms with E-state index in [2.05, 4.69) is 26.0 Å². The molecule has 0 amide bonds. The minimum absolute atomic E-state index is 0.280. The molecule has 4 heterocycles. The normalized spacial score (nSPS) is 28.4. The molecule has 11 heteroatoms. The van der Waals surface area contributed by atoms with Crippen LogP contribution < -0.4 is 5.73 Å². The highest BCUT2D eigenvalue weighted by Crippen LogP contribution is 2.42. The number of aliphatic hydroxyl groups is 1. The Hall–Kier alpha value is -2.25. The Kier molecular flexibility index (Phi) is 6.19. The first-order valence-electron chi connectivity index (χ1n) is 11.7. The van der Waals surface area contributed by atoms with E-state index in [0.29, 0.717) is 18.1 Å². The molecule has 4 unspecified atom stereocenters. The Morgan fingerprint density at radius 2 is 2.03 bits per heavy atom. The number of thiazole rings is 1. The average molecular weight is 572 g/mol. The molecule has 2 aliphatic heterocycles. The van der Waals surface area contributed by atoms with Crippen LogP contribution in [-0.2, 0) is 19.8 Å². The van der Waals surface area contributed by atoms with Crippen molar-refractivity contribution in [1.29, 1.82) is 0 Å². The molecule has 5 atom stereocenters. The maximum Gasteiger partial charge on any atom is 0.184 e. The maximum atomic E-state index is 10.7. The van der Waals surface area contributed by atoms with Gasteiger partial charge in [-0.1, -0.05) is 30.3 Å². The number of halogens is 1. The van der Waals surface area contributed by atoms with Crippen LogP contribution in [0.15, 0.2) is 46.9 Å². The minimum atomic E-state index is -1.17. The smallest absolute Gasteiger partial charge is 0.184 e. The second-order valence-corrected chi connectivity index (χ2v) is 11.3. The van der Waals surface area contributed by atoms with E-state index in [-0.39, 0.29) is 19.3 Å². The average Bonchev–Trinajstić information content (AvgIpc) is 3.45. The Labute approximate surface area is 220 Å². The summed E-state index contributed by atoms with van der Waals surface area (Å²) in [4.78, 5) is 9.28. The van der Waals surface area contributed by atoms with Crippen LogP contribution in [0.3, 0.4) is 0 Å². The third kappa shape index (κ3) is 4.08. The number of benzene rings is 2. The fourth-order valence-corrected chi connectivity index (χ4v) is 6.39. The number of rotatable bonds is 4. The Morgan fingerprint density at radius 1 is 1.22 bits per heavy atom. The van der Waals surface area contributed by atoms with Crippen molar-refractivity contribution in [3.8, 4) is 5.69 Å². The number of fused-ring (bicyclic) bond motifs is 2. The Balaban J connectivity index is 1.35. The number of nitrogens with zero attached hydrogens (tertiary/aromatic N) is 4. The molecular formula is C25H26BrN5O4S. The molecule has 4 aromatic rings. The first-order chi connectivity index (χ1) is 17.4. The summed E-state index contributed by atoms with van der Waals surface area (Å²) < 4.78 is 22.4. The van der Waals surface area contributed by atoms with Crippen molar-refractivity contribution in [2.24, 2.45) is 5.73 Å². The molecule has 9 nitrogen and oxygen atoms in total. The Bertz CT molecular complexity index is 1410. The second kappa shape index (κ2) is 9.25. The highest BCUT2D eigenvalue weighted by atomic mass is 79.9. The molecule has 2 aromatic carbocycles. The summed E-state index contributed by atoms with van der Waals surface area (Å²) in [5.41, 5.74) is 8.12. The van der Waals surface area contributed by atoms with Gasteiger partial charge in [0.25, 0.3) is 0 Å². The van der Waals surface area contributed by atoms with Crippen LogP contribution in [0.25, 0.3) is 15.9 Å². The van der Waals surface area contributed by atoms with Gasteiger partial charge in [-0.15, -0.1) is 11.3 Å². The van der Waals surface area contributed by atoms with Gasteiger partial charge in [0, 0.05) is 22.5 Å². The van der Waals surface area contributed by atoms with Crippen LogP contribution in [0, 0.1) is 13.8 Å². The van der Waals surface area contributed by atoms with Gasteiger partial charge in [0.15, 0.2) is 17.7 Å². The van der Waals surface area contributed by atoms with Crippen molar-refractivity contribution in [2.45, 2.75) is 50.4 Å². The van der Waals surface area contributed by atoms with E-state index >= 15 is 0 Å². The van der Waals surface area contributed by atoms with Crippen LogP contribution in [0.4, 0.5) is 0 Å². The van der Waals surface area contributed by atoms with Crippen LogP contribution >= 0.6 is 27.3 Å². The number of aliphatic hydroxyl groups excluding tert-OH is 1. The molecular weight excluding hydrogens is 546 g/mol. The number of aryl methyl sites for hydroxylation is 2. The van der Waals surface area contributed by atoms with Crippen molar-refractivity contribution in [3.63, 3.8) is 0 Å². The molecule has 0 spiro atoms. The molecule has 0 bridgehead atoms. The Morgan fingerprint density at radius 3 is 2.81 bits per heavy atom. The van der Waals surface area contributed by atoms with E-state index in [1.165, 1.54) is 0 Å². The van der Waals surface area contributed by atoms with Gasteiger partial charge in [0.05, 0.1) is 34.1 Å². The van der Waals surface area contributed by atoms with Crippen molar-refractivity contribution < 1.29 is 19.3 Å². The van der Waals surface area contributed by atoms with Crippen molar-refractivity contribution in [1.82, 2.24) is 19.7 Å². The van der Waals surface area contributed by atoms with E-state index in [1.54, 1.807) is 16.0 Å². The topological polar surface area (TPSA) is 118 Å². The number of aromatic nitrogens is 4. The van der Waals surface area contributed by atoms with E-state index < -0.39 is 24.0 Å². The van der Waals surface area contributed by atoms with Crippen molar-refractivity contribution >= 4 is 37.5 Å². The standard InChI is InChI=1S/C25H26BrN5O4S/c1-13-28-24(31(30-13)19-9-21-18(8-16(19)26)29-14(2)36-21)25(12-32)10-17(27)22-20(35-25)11-33-23(34-22)15-6-4-3-5-7-15/h3-9,17,20,22-23,32H,10-12,27H2,1-2H3/t17?,20?,22-,23?,25?/m1/s1. The molecule has 2 saturated heterocycles. The van der Waals surface area contributed by atoms with Crippen molar-refractivity contribution in [2.75, 3.05) is 13.2 Å². The van der Waals surface area contributed by atoms with Gasteiger partial charge in [-0.2, -0.15) is 5.10 Å². The number of ether oxygens (including phenoxy) is 3. The van der Waals surface area contributed by atoms with Gasteiger partial charge >= 0.3 is 0 Å². The van der Waals surface area contributed by atoms with Crippen LogP contribution in [0.1, 0.15) is 34.9 Å².